The molecular formula is C4H7N11. The monoisotopic (exact) mass is 209 g/mol. The summed E-state index contributed by atoms with van der Waals surface area (Å²) in [6, 6.07) is 0. The quantitative estimate of drug-likeness (QED) is 0.499. The van der Waals surface area contributed by atoms with E-state index in [1.54, 1.807) is 14.1 Å². The number of rotatable bonds is 3. The summed E-state index contributed by atoms with van der Waals surface area (Å²) in [5, 5.41) is 29.2. The molecular weight excluding hydrogens is 202 g/mol. The minimum Gasteiger partial charge on any atom is -0.223 e. The van der Waals surface area contributed by atoms with Crippen LogP contribution >= 0.6 is 0 Å². The molecule has 0 amide bonds. The first-order valence-electron chi connectivity index (χ1n) is 3.89. The van der Waals surface area contributed by atoms with E-state index in [0.717, 1.165) is 0 Å². The Morgan fingerprint density at radius 1 is 1.07 bits per heavy atom. The molecule has 11 heteroatoms. The van der Waals surface area contributed by atoms with E-state index in [2.05, 4.69) is 46.6 Å². The highest BCUT2D eigenvalue weighted by atomic mass is 15.6. The SMILES string of the molecule is Cn1nnc(N=NNc2nnn(C)n2)n1. The zero-order valence-electron chi connectivity index (χ0n) is 7.97. The number of hydrogen-bond acceptors (Lipinski definition) is 8. The molecule has 11 nitrogen and oxygen atoms in total. The molecule has 0 saturated carbocycles. The van der Waals surface area contributed by atoms with Crippen LogP contribution < -0.4 is 5.43 Å². The first kappa shape index (κ1) is 9.11. The van der Waals surface area contributed by atoms with Gasteiger partial charge in [-0.1, -0.05) is 20.5 Å². The van der Waals surface area contributed by atoms with Crippen molar-refractivity contribution in [1.82, 2.24) is 40.4 Å². The number of nitrogens with zero attached hydrogens (tertiary/aromatic N) is 10. The highest BCUT2D eigenvalue weighted by Gasteiger charge is 1.98. The van der Waals surface area contributed by atoms with E-state index in [4.69, 9.17) is 0 Å². The lowest BCUT2D eigenvalue weighted by Gasteiger charge is -1.85. The molecule has 0 radical (unpaired) electrons. The van der Waals surface area contributed by atoms with Crippen molar-refractivity contribution < 1.29 is 0 Å². The maximum absolute atomic E-state index is 3.82. The van der Waals surface area contributed by atoms with E-state index in [9.17, 15) is 0 Å². The standard InChI is InChI=1S/C4H7N11/c1-14-9-3(7-12-14)5-11-6-4-8-13-15(2)10-4/h1-2H3,(H,5,6,9,10). The Labute approximate surface area is 83.2 Å². The zero-order chi connectivity index (χ0) is 10.7. The third kappa shape index (κ3) is 2.26. The van der Waals surface area contributed by atoms with Gasteiger partial charge in [0.1, 0.15) is 0 Å². The van der Waals surface area contributed by atoms with Gasteiger partial charge in [0.05, 0.1) is 14.1 Å². The van der Waals surface area contributed by atoms with E-state index < -0.39 is 0 Å². The van der Waals surface area contributed by atoms with Crippen molar-refractivity contribution in [3.05, 3.63) is 0 Å². The Hall–Kier alpha value is -2.46. The van der Waals surface area contributed by atoms with Gasteiger partial charge >= 0.3 is 5.95 Å². The first-order chi connectivity index (χ1) is 7.24. The van der Waals surface area contributed by atoms with Gasteiger partial charge in [-0.15, -0.1) is 10.2 Å². The van der Waals surface area contributed by atoms with Gasteiger partial charge in [-0.05, 0) is 10.4 Å². The second-order valence-electron chi connectivity index (χ2n) is 2.49. The summed E-state index contributed by atoms with van der Waals surface area (Å²) in [6.45, 7) is 0. The molecule has 0 spiro atoms. The van der Waals surface area contributed by atoms with E-state index in [0.29, 0.717) is 0 Å². The highest BCUT2D eigenvalue weighted by Crippen LogP contribution is 2.00. The Bertz CT molecular complexity index is 464. The lowest BCUT2D eigenvalue weighted by atomic mass is 11.1. The fraction of sp³-hybridized carbons (Fsp3) is 0.500. The Balaban J connectivity index is 1.96. The Morgan fingerprint density at radius 2 is 1.80 bits per heavy atom. The molecule has 2 rings (SSSR count). The van der Waals surface area contributed by atoms with Crippen molar-refractivity contribution in [2.45, 2.75) is 0 Å². The van der Waals surface area contributed by atoms with Gasteiger partial charge in [-0.25, -0.2) is 5.43 Å². The summed E-state index contributed by atoms with van der Waals surface area (Å²) < 4.78 is 0. The molecule has 0 atom stereocenters. The second-order valence-corrected chi connectivity index (χ2v) is 2.49. The molecule has 0 bridgehead atoms. The molecule has 0 fully saturated rings. The van der Waals surface area contributed by atoms with Gasteiger partial charge in [0.15, 0.2) is 0 Å². The summed E-state index contributed by atoms with van der Waals surface area (Å²) >= 11 is 0. The normalized spacial score (nSPS) is 11.1. The van der Waals surface area contributed by atoms with Crippen molar-refractivity contribution in [2.75, 3.05) is 5.43 Å². The van der Waals surface area contributed by atoms with Crippen molar-refractivity contribution in [3.8, 4) is 0 Å². The van der Waals surface area contributed by atoms with E-state index >= 15 is 0 Å². The van der Waals surface area contributed by atoms with Gasteiger partial charge in [-0.3, -0.25) is 0 Å². The minimum absolute atomic E-state index is 0.147. The third-order valence-electron chi connectivity index (χ3n) is 1.30. The molecule has 2 heterocycles. The Kier molecular flexibility index (Phi) is 2.26. The average Bonchev–Trinajstić information content (AvgIpc) is 2.76. The minimum atomic E-state index is 0.147. The van der Waals surface area contributed by atoms with Crippen molar-refractivity contribution in [3.63, 3.8) is 0 Å². The number of tetrazole rings is 2. The van der Waals surface area contributed by atoms with Crippen molar-refractivity contribution >= 4 is 11.9 Å². The van der Waals surface area contributed by atoms with Crippen molar-refractivity contribution in [1.29, 1.82) is 0 Å². The maximum atomic E-state index is 3.82. The molecule has 0 saturated heterocycles. The number of hydrogen-bond donors (Lipinski definition) is 1. The summed E-state index contributed by atoms with van der Waals surface area (Å²) in [5.41, 5.74) is 2.46. The molecule has 0 aliphatic carbocycles. The fourth-order valence-corrected chi connectivity index (χ4v) is 0.757. The molecule has 78 valence electrons. The largest absolute Gasteiger partial charge is 0.309 e. The molecule has 0 aromatic carbocycles. The average molecular weight is 209 g/mol. The molecule has 0 aliphatic heterocycles. The summed E-state index contributed by atoms with van der Waals surface area (Å²) in [7, 11) is 3.27. The van der Waals surface area contributed by atoms with Gasteiger partial charge in [0, 0.05) is 0 Å². The number of aromatic nitrogens is 8. The van der Waals surface area contributed by atoms with E-state index in [-0.39, 0.29) is 11.9 Å². The van der Waals surface area contributed by atoms with Crippen LogP contribution in [-0.4, -0.2) is 40.4 Å². The third-order valence-corrected chi connectivity index (χ3v) is 1.30. The van der Waals surface area contributed by atoms with Crippen LogP contribution in [0.15, 0.2) is 10.3 Å². The van der Waals surface area contributed by atoms with Crippen LogP contribution in [-0.2, 0) is 14.1 Å². The molecule has 2 aromatic rings. The summed E-state index contributed by atoms with van der Waals surface area (Å²) in [6.07, 6.45) is 0. The van der Waals surface area contributed by atoms with Crippen LogP contribution in [0.5, 0.6) is 0 Å². The Morgan fingerprint density at radius 3 is 2.40 bits per heavy atom. The van der Waals surface area contributed by atoms with Crippen molar-refractivity contribution in [2.24, 2.45) is 24.4 Å². The van der Waals surface area contributed by atoms with Crippen LogP contribution in [0, 0.1) is 0 Å². The predicted molar refractivity (Wildman–Crippen MR) is 45.7 cm³/mol. The van der Waals surface area contributed by atoms with E-state index in [1.165, 1.54) is 9.59 Å². The van der Waals surface area contributed by atoms with Gasteiger partial charge in [0.2, 0.25) is 0 Å². The van der Waals surface area contributed by atoms with E-state index in [1.807, 2.05) is 0 Å². The van der Waals surface area contributed by atoms with Crippen LogP contribution in [0.3, 0.4) is 0 Å². The zero-order valence-corrected chi connectivity index (χ0v) is 7.97. The molecule has 0 unspecified atom stereocenters. The van der Waals surface area contributed by atoms with Crippen LogP contribution in [0.1, 0.15) is 0 Å². The van der Waals surface area contributed by atoms with Gasteiger partial charge < -0.3 is 0 Å². The molecule has 15 heavy (non-hydrogen) atoms. The highest BCUT2D eigenvalue weighted by molar-refractivity contribution is 5.16. The number of aryl methyl sites for hydroxylation is 2. The van der Waals surface area contributed by atoms with Crippen LogP contribution in [0.2, 0.25) is 0 Å². The number of anilines is 1. The topological polar surface area (TPSA) is 124 Å². The predicted octanol–water partition coefficient (Wildman–Crippen LogP) is -1.16. The van der Waals surface area contributed by atoms with Gasteiger partial charge in [-0.2, -0.15) is 9.59 Å². The van der Waals surface area contributed by atoms with Crippen LogP contribution in [0.25, 0.3) is 0 Å². The second kappa shape index (κ2) is 3.73. The molecule has 2 aromatic heterocycles. The number of nitrogens with one attached hydrogen (secondary N) is 1. The summed E-state index contributed by atoms with van der Waals surface area (Å²) in [5.74, 6) is 0.388. The maximum Gasteiger partial charge on any atom is 0.309 e. The molecule has 0 aliphatic rings. The fourth-order valence-electron chi connectivity index (χ4n) is 0.757. The first-order valence-corrected chi connectivity index (χ1v) is 3.89. The lowest BCUT2D eigenvalue weighted by molar-refractivity contribution is 0.630. The summed E-state index contributed by atoms with van der Waals surface area (Å²) in [4.78, 5) is 2.56. The van der Waals surface area contributed by atoms with Crippen LogP contribution in [0.4, 0.5) is 11.9 Å². The van der Waals surface area contributed by atoms with Gasteiger partial charge in [0.25, 0.3) is 5.95 Å². The molecule has 1 N–H and O–H groups in total. The lowest BCUT2D eigenvalue weighted by Crippen LogP contribution is -1.93. The smallest absolute Gasteiger partial charge is 0.223 e.